The van der Waals surface area contributed by atoms with E-state index in [-0.39, 0.29) is 12.6 Å². The van der Waals surface area contributed by atoms with Gasteiger partial charge in [0.05, 0.1) is 11.3 Å². The van der Waals surface area contributed by atoms with Gasteiger partial charge in [0.25, 0.3) is 0 Å². The number of esters is 1. The Bertz CT molecular complexity index is 1120. The van der Waals surface area contributed by atoms with E-state index in [2.05, 4.69) is 32.2 Å². The van der Waals surface area contributed by atoms with Crippen LogP contribution in [-0.4, -0.2) is 30.7 Å². The lowest BCUT2D eigenvalue weighted by molar-refractivity contribution is 0.0458. The number of benzene rings is 2. The fourth-order valence-electron chi connectivity index (χ4n) is 3.29. The number of carbonyl (C=O) groups is 1. The SMILES string of the molecule is Cc1cc(C(=O)OCc2nnnn2-c2ccccc2)c(C)n1Cc1ccccc1. The van der Waals surface area contributed by atoms with E-state index in [9.17, 15) is 4.79 Å². The summed E-state index contributed by atoms with van der Waals surface area (Å²) in [4.78, 5) is 12.7. The third-order valence-corrected chi connectivity index (χ3v) is 4.84. The van der Waals surface area contributed by atoms with Gasteiger partial charge in [0.2, 0.25) is 0 Å². The molecule has 0 aliphatic rings. The summed E-state index contributed by atoms with van der Waals surface area (Å²) in [5, 5.41) is 11.7. The Balaban J connectivity index is 1.49. The Kier molecular flexibility index (Phi) is 5.20. The predicted octanol–water partition coefficient (Wildman–Crippen LogP) is 3.49. The Morgan fingerprint density at radius 3 is 2.41 bits per heavy atom. The second-order valence-corrected chi connectivity index (χ2v) is 6.78. The highest BCUT2D eigenvalue weighted by molar-refractivity contribution is 5.91. The molecule has 2 aromatic heterocycles. The maximum absolute atomic E-state index is 12.7. The highest BCUT2D eigenvalue weighted by Crippen LogP contribution is 2.19. The molecule has 146 valence electrons. The molecule has 0 N–H and O–H groups in total. The van der Waals surface area contributed by atoms with Crippen LogP contribution in [-0.2, 0) is 17.9 Å². The molecule has 0 aliphatic carbocycles. The van der Waals surface area contributed by atoms with Gasteiger partial charge in [0, 0.05) is 17.9 Å². The third-order valence-electron chi connectivity index (χ3n) is 4.84. The van der Waals surface area contributed by atoms with E-state index < -0.39 is 0 Å². The van der Waals surface area contributed by atoms with E-state index in [4.69, 9.17) is 4.74 Å². The van der Waals surface area contributed by atoms with E-state index in [0.717, 1.165) is 17.1 Å². The van der Waals surface area contributed by atoms with Crippen LogP contribution in [0.3, 0.4) is 0 Å². The lowest BCUT2D eigenvalue weighted by Crippen LogP contribution is -2.11. The fourth-order valence-corrected chi connectivity index (χ4v) is 3.29. The minimum atomic E-state index is -0.389. The molecular formula is C22H21N5O2. The van der Waals surface area contributed by atoms with E-state index in [1.165, 1.54) is 5.56 Å². The molecule has 0 unspecified atom stereocenters. The lowest BCUT2D eigenvalue weighted by Gasteiger charge is -2.10. The summed E-state index contributed by atoms with van der Waals surface area (Å²) in [5.41, 5.74) is 4.42. The van der Waals surface area contributed by atoms with Gasteiger partial charge >= 0.3 is 5.97 Å². The van der Waals surface area contributed by atoms with Crippen LogP contribution in [0.1, 0.15) is 33.1 Å². The third kappa shape index (κ3) is 3.94. The first kappa shape index (κ1) is 18.6. The molecule has 7 heteroatoms. The van der Waals surface area contributed by atoms with Gasteiger partial charge < -0.3 is 9.30 Å². The van der Waals surface area contributed by atoms with Crippen molar-refractivity contribution >= 4 is 5.97 Å². The van der Waals surface area contributed by atoms with Crippen molar-refractivity contribution in [3.63, 3.8) is 0 Å². The summed E-state index contributed by atoms with van der Waals surface area (Å²) in [5.74, 6) is 0.0719. The molecule has 0 amide bonds. The quantitative estimate of drug-likeness (QED) is 0.474. The van der Waals surface area contributed by atoms with Crippen LogP contribution in [0.5, 0.6) is 0 Å². The first-order valence-electron chi connectivity index (χ1n) is 9.34. The Hall–Kier alpha value is -3.74. The molecule has 4 rings (SSSR count). The molecule has 0 spiro atoms. The number of hydrogen-bond acceptors (Lipinski definition) is 5. The highest BCUT2D eigenvalue weighted by Gasteiger charge is 2.18. The largest absolute Gasteiger partial charge is 0.454 e. The average Bonchev–Trinajstić information content (AvgIpc) is 3.33. The van der Waals surface area contributed by atoms with Crippen molar-refractivity contribution in [2.24, 2.45) is 0 Å². The van der Waals surface area contributed by atoms with Crippen LogP contribution < -0.4 is 0 Å². The van der Waals surface area contributed by atoms with Crippen molar-refractivity contribution in [1.29, 1.82) is 0 Å². The number of aromatic nitrogens is 5. The minimum absolute atomic E-state index is 0.0108. The lowest BCUT2D eigenvalue weighted by atomic mass is 10.2. The second kappa shape index (κ2) is 8.10. The predicted molar refractivity (Wildman–Crippen MR) is 108 cm³/mol. The monoisotopic (exact) mass is 387 g/mol. The van der Waals surface area contributed by atoms with Gasteiger partial charge in [-0.1, -0.05) is 48.5 Å². The zero-order valence-electron chi connectivity index (χ0n) is 16.3. The number of rotatable bonds is 6. The van der Waals surface area contributed by atoms with E-state index >= 15 is 0 Å². The van der Waals surface area contributed by atoms with Crippen molar-refractivity contribution in [1.82, 2.24) is 24.8 Å². The van der Waals surface area contributed by atoms with E-state index in [1.54, 1.807) is 4.68 Å². The molecule has 2 aromatic carbocycles. The molecule has 0 radical (unpaired) electrons. The number of hydrogen-bond donors (Lipinski definition) is 0. The second-order valence-electron chi connectivity index (χ2n) is 6.78. The van der Waals surface area contributed by atoms with E-state index in [1.807, 2.05) is 68.4 Å². The molecular weight excluding hydrogens is 366 g/mol. The Morgan fingerprint density at radius 1 is 1.00 bits per heavy atom. The summed E-state index contributed by atoms with van der Waals surface area (Å²) in [6, 6.07) is 21.5. The van der Waals surface area contributed by atoms with Crippen LogP contribution in [0.15, 0.2) is 66.7 Å². The summed E-state index contributed by atoms with van der Waals surface area (Å²) in [6.45, 7) is 4.62. The maximum Gasteiger partial charge on any atom is 0.340 e. The van der Waals surface area contributed by atoms with Gasteiger partial charge in [-0.05, 0) is 48.0 Å². The van der Waals surface area contributed by atoms with Crippen LogP contribution in [0.25, 0.3) is 5.69 Å². The van der Waals surface area contributed by atoms with Crippen LogP contribution >= 0.6 is 0 Å². The van der Waals surface area contributed by atoms with Gasteiger partial charge in [-0.2, -0.15) is 4.68 Å². The normalized spacial score (nSPS) is 10.8. The van der Waals surface area contributed by atoms with Gasteiger partial charge in [-0.25, -0.2) is 4.79 Å². The zero-order chi connectivity index (χ0) is 20.2. The summed E-state index contributed by atoms with van der Waals surface area (Å²) in [7, 11) is 0. The number of tetrazole rings is 1. The minimum Gasteiger partial charge on any atom is -0.454 e. The van der Waals surface area contributed by atoms with Crippen molar-refractivity contribution < 1.29 is 9.53 Å². The van der Waals surface area contributed by atoms with Crippen LogP contribution in [0.4, 0.5) is 0 Å². The number of aryl methyl sites for hydroxylation is 1. The molecule has 0 aliphatic heterocycles. The summed E-state index contributed by atoms with van der Waals surface area (Å²) in [6.07, 6.45) is 0. The molecule has 0 fully saturated rings. The summed E-state index contributed by atoms with van der Waals surface area (Å²) >= 11 is 0. The van der Waals surface area contributed by atoms with Gasteiger partial charge in [0.1, 0.15) is 0 Å². The molecule has 2 heterocycles. The number of carbonyl (C=O) groups excluding carboxylic acids is 1. The summed E-state index contributed by atoms with van der Waals surface area (Å²) < 4.78 is 9.19. The smallest absolute Gasteiger partial charge is 0.340 e. The topological polar surface area (TPSA) is 74.8 Å². The van der Waals surface area contributed by atoms with Crippen molar-refractivity contribution in [3.8, 4) is 5.69 Å². The van der Waals surface area contributed by atoms with Crippen molar-refractivity contribution in [3.05, 3.63) is 95.1 Å². The van der Waals surface area contributed by atoms with Gasteiger partial charge in [0.15, 0.2) is 12.4 Å². The first-order valence-corrected chi connectivity index (χ1v) is 9.34. The van der Waals surface area contributed by atoms with Crippen molar-refractivity contribution in [2.45, 2.75) is 27.0 Å². The number of para-hydroxylation sites is 1. The first-order chi connectivity index (χ1) is 14.1. The average molecular weight is 387 g/mol. The van der Waals surface area contributed by atoms with Gasteiger partial charge in [-0.15, -0.1) is 5.10 Å². The molecule has 0 bridgehead atoms. The molecule has 0 atom stereocenters. The zero-order valence-corrected chi connectivity index (χ0v) is 16.3. The Labute approximate surface area is 168 Å². The maximum atomic E-state index is 12.7. The number of nitrogens with zero attached hydrogens (tertiary/aromatic N) is 5. The van der Waals surface area contributed by atoms with Crippen molar-refractivity contribution in [2.75, 3.05) is 0 Å². The molecule has 0 saturated heterocycles. The highest BCUT2D eigenvalue weighted by atomic mass is 16.5. The van der Waals surface area contributed by atoms with E-state index in [0.29, 0.717) is 17.9 Å². The number of ether oxygens (including phenoxy) is 1. The molecule has 4 aromatic rings. The Morgan fingerprint density at radius 2 is 1.69 bits per heavy atom. The molecule has 29 heavy (non-hydrogen) atoms. The van der Waals surface area contributed by atoms with Gasteiger partial charge in [-0.3, -0.25) is 0 Å². The van der Waals surface area contributed by atoms with Crippen LogP contribution in [0.2, 0.25) is 0 Å². The van der Waals surface area contributed by atoms with Crippen LogP contribution in [0, 0.1) is 13.8 Å². The molecule has 7 nitrogen and oxygen atoms in total. The molecule has 0 saturated carbocycles. The standard InChI is InChI=1S/C22H21N5O2/c1-16-13-20(17(2)26(16)14-18-9-5-3-6-10-18)22(28)29-15-21-23-24-25-27(21)19-11-7-4-8-12-19/h3-13H,14-15H2,1-2H3. The fraction of sp³-hybridized carbons (Fsp3) is 0.182.